The summed E-state index contributed by atoms with van der Waals surface area (Å²) in [5.41, 5.74) is 4.40. The van der Waals surface area contributed by atoms with Crippen LogP contribution in [0.5, 0.6) is 5.75 Å². The number of nitrogens with one attached hydrogen (secondary N) is 2. The first-order valence-corrected chi connectivity index (χ1v) is 9.05. The molecule has 0 atom stereocenters. The Morgan fingerprint density at radius 3 is 2.63 bits per heavy atom. The van der Waals surface area contributed by atoms with E-state index in [4.69, 9.17) is 16.3 Å². The Labute approximate surface area is 163 Å². The predicted octanol–water partition coefficient (Wildman–Crippen LogP) is 3.93. The van der Waals surface area contributed by atoms with E-state index in [2.05, 4.69) is 10.9 Å². The zero-order valence-electron chi connectivity index (χ0n) is 13.9. The number of hydrogen-bond acceptors (Lipinski definition) is 4. The highest BCUT2D eigenvalue weighted by molar-refractivity contribution is 7.20. The number of carbonyl (C=O) groups excluding carboxylic acids is 2. The van der Waals surface area contributed by atoms with Gasteiger partial charge in [0.25, 0.3) is 11.8 Å². The number of hydrazine groups is 1. The molecule has 0 aliphatic carbocycles. The van der Waals surface area contributed by atoms with Gasteiger partial charge >= 0.3 is 0 Å². The number of benzene rings is 2. The molecule has 138 valence electrons. The molecule has 0 spiro atoms. The van der Waals surface area contributed by atoms with Crippen LogP contribution in [0.2, 0.25) is 5.02 Å². The van der Waals surface area contributed by atoms with E-state index >= 15 is 0 Å². The van der Waals surface area contributed by atoms with Crippen molar-refractivity contribution in [3.05, 3.63) is 70.3 Å². The van der Waals surface area contributed by atoms with Crippen LogP contribution in [-0.4, -0.2) is 18.4 Å². The van der Waals surface area contributed by atoms with E-state index in [0.717, 1.165) is 15.0 Å². The molecule has 2 aromatic carbocycles. The Morgan fingerprint density at radius 2 is 1.85 bits per heavy atom. The molecule has 0 aliphatic heterocycles. The van der Waals surface area contributed by atoms with Crippen molar-refractivity contribution in [3.8, 4) is 5.75 Å². The second kappa shape index (κ2) is 8.66. The van der Waals surface area contributed by atoms with Crippen molar-refractivity contribution >= 4 is 50.9 Å². The second-order valence-corrected chi connectivity index (χ2v) is 6.83. The molecule has 0 radical (unpaired) electrons. The standard InChI is InChI=1S/C19H14ClFN2O3S/c20-19-12-5-1-4-8-15(12)27-16(19)9-10-17(24)22-23-18(25)11-26-14-7-3-2-6-13(14)21/h1-10H,11H2,(H,22,24)(H,23,25)/b10-9+. The van der Waals surface area contributed by atoms with Crippen molar-refractivity contribution in [1.29, 1.82) is 0 Å². The summed E-state index contributed by atoms with van der Waals surface area (Å²) in [6.07, 6.45) is 2.83. The normalized spacial score (nSPS) is 10.9. The maximum atomic E-state index is 13.4. The summed E-state index contributed by atoms with van der Waals surface area (Å²) in [5, 5.41) is 1.49. The number of carbonyl (C=O) groups is 2. The summed E-state index contributed by atoms with van der Waals surface area (Å²) in [6, 6.07) is 13.4. The SMILES string of the molecule is O=C(/C=C/c1sc2ccccc2c1Cl)NNC(=O)COc1ccccc1F. The van der Waals surface area contributed by atoms with Gasteiger partial charge in [-0.15, -0.1) is 11.3 Å². The minimum Gasteiger partial charge on any atom is -0.481 e. The molecule has 1 heterocycles. The van der Waals surface area contributed by atoms with Crippen LogP contribution in [0.25, 0.3) is 16.2 Å². The predicted molar refractivity (Wildman–Crippen MR) is 104 cm³/mol. The van der Waals surface area contributed by atoms with Gasteiger partial charge in [0.05, 0.1) is 5.02 Å². The molecule has 0 unspecified atom stereocenters. The summed E-state index contributed by atoms with van der Waals surface area (Å²) in [4.78, 5) is 24.2. The van der Waals surface area contributed by atoms with Gasteiger partial charge < -0.3 is 4.74 Å². The van der Waals surface area contributed by atoms with Crippen LogP contribution in [0.3, 0.4) is 0 Å². The number of halogens is 2. The lowest BCUT2D eigenvalue weighted by molar-refractivity contribution is -0.128. The van der Waals surface area contributed by atoms with Crippen LogP contribution in [0, 0.1) is 5.82 Å². The van der Waals surface area contributed by atoms with Crippen molar-refractivity contribution in [1.82, 2.24) is 10.9 Å². The number of amides is 2. The molecule has 3 aromatic rings. The highest BCUT2D eigenvalue weighted by Gasteiger charge is 2.09. The smallest absolute Gasteiger partial charge is 0.276 e. The van der Waals surface area contributed by atoms with Crippen LogP contribution >= 0.6 is 22.9 Å². The molecule has 0 bridgehead atoms. The Balaban J connectivity index is 1.50. The summed E-state index contributed by atoms with van der Waals surface area (Å²) in [7, 11) is 0. The zero-order valence-corrected chi connectivity index (χ0v) is 15.4. The average Bonchev–Trinajstić information content (AvgIpc) is 3.00. The van der Waals surface area contributed by atoms with E-state index in [1.807, 2.05) is 24.3 Å². The molecule has 5 nitrogen and oxygen atoms in total. The largest absolute Gasteiger partial charge is 0.481 e. The van der Waals surface area contributed by atoms with Gasteiger partial charge in [-0.25, -0.2) is 4.39 Å². The molecule has 8 heteroatoms. The van der Waals surface area contributed by atoms with Gasteiger partial charge in [-0.2, -0.15) is 0 Å². The Morgan fingerprint density at radius 1 is 1.11 bits per heavy atom. The quantitative estimate of drug-likeness (QED) is 0.500. The Kier molecular flexibility index (Phi) is 6.05. The maximum absolute atomic E-state index is 13.4. The summed E-state index contributed by atoms with van der Waals surface area (Å²) in [5.74, 6) is -1.78. The van der Waals surface area contributed by atoms with Crippen molar-refractivity contribution in [2.45, 2.75) is 0 Å². The van der Waals surface area contributed by atoms with Gasteiger partial charge in [0.2, 0.25) is 0 Å². The molecular weight excluding hydrogens is 391 g/mol. The van der Waals surface area contributed by atoms with E-state index in [-0.39, 0.29) is 5.75 Å². The number of para-hydroxylation sites is 1. The van der Waals surface area contributed by atoms with E-state index in [1.54, 1.807) is 12.1 Å². The highest BCUT2D eigenvalue weighted by Crippen LogP contribution is 2.35. The lowest BCUT2D eigenvalue weighted by Crippen LogP contribution is -2.43. The third kappa shape index (κ3) is 4.84. The molecule has 2 N–H and O–H groups in total. The van der Waals surface area contributed by atoms with E-state index in [1.165, 1.54) is 35.6 Å². The van der Waals surface area contributed by atoms with Crippen LogP contribution < -0.4 is 15.6 Å². The summed E-state index contributed by atoms with van der Waals surface area (Å²) in [6.45, 7) is -0.437. The molecular formula is C19H14ClFN2O3S. The number of hydrogen-bond donors (Lipinski definition) is 2. The van der Waals surface area contributed by atoms with Crippen molar-refractivity contribution in [2.24, 2.45) is 0 Å². The first-order valence-electron chi connectivity index (χ1n) is 7.86. The van der Waals surface area contributed by atoms with E-state index < -0.39 is 24.2 Å². The fourth-order valence-corrected chi connectivity index (χ4v) is 3.60. The molecule has 1 aromatic heterocycles. The number of fused-ring (bicyclic) bond motifs is 1. The van der Waals surface area contributed by atoms with Gasteiger partial charge in [-0.05, 0) is 24.3 Å². The molecule has 3 rings (SSSR count). The fraction of sp³-hybridized carbons (Fsp3) is 0.0526. The lowest BCUT2D eigenvalue weighted by Gasteiger charge is -2.08. The van der Waals surface area contributed by atoms with Gasteiger partial charge in [-0.1, -0.05) is 41.9 Å². The lowest BCUT2D eigenvalue weighted by atomic mass is 10.2. The number of thiophene rings is 1. The zero-order chi connectivity index (χ0) is 19.2. The first kappa shape index (κ1) is 18.9. The minimum absolute atomic E-state index is 0.0433. The third-order valence-electron chi connectivity index (χ3n) is 3.47. The van der Waals surface area contributed by atoms with Crippen LogP contribution in [0.4, 0.5) is 4.39 Å². The average molecular weight is 405 g/mol. The fourth-order valence-electron chi connectivity index (χ4n) is 2.21. The van der Waals surface area contributed by atoms with Crippen molar-refractivity contribution < 1.29 is 18.7 Å². The summed E-state index contributed by atoms with van der Waals surface area (Å²) >= 11 is 7.75. The van der Waals surface area contributed by atoms with Crippen molar-refractivity contribution in [3.63, 3.8) is 0 Å². The number of ether oxygens (including phenoxy) is 1. The van der Waals surface area contributed by atoms with E-state index in [0.29, 0.717) is 5.02 Å². The second-order valence-electron chi connectivity index (χ2n) is 5.37. The van der Waals surface area contributed by atoms with Crippen molar-refractivity contribution in [2.75, 3.05) is 6.61 Å². The van der Waals surface area contributed by atoms with Gasteiger partial charge in [0.15, 0.2) is 18.2 Å². The molecule has 0 saturated carbocycles. The molecule has 0 aliphatic rings. The molecule has 27 heavy (non-hydrogen) atoms. The van der Waals surface area contributed by atoms with Crippen LogP contribution in [-0.2, 0) is 9.59 Å². The molecule has 0 fully saturated rings. The number of rotatable bonds is 5. The minimum atomic E-state index is -0.625. The first-order chi connectivity index (χ1) is 13.0. The van der Waals surface area contributed by atoms with E-state index in [9.17, 15) is 14.0 Å². The van der Waals surface area contributed by atoms with Crippen LogP contribution in [0.15, 0.2) is 54.6 Å². The topological polar surface area (TPSA) is 67.4 Å². The maximum Gasteiger partial charge on any atom is 0.276 e. The molecule has 0 saturated heterocycles. The summed E-state index contributed by atoms with van der Waals surface area (Å²) < 4.78 is 19.4. The molecule has 2 amide bonds. The third-order valence-corrected chi connectivity index (χ3v) is 5.12. The Hall–Kier alpha value is -2.90. The highest BCUT2D eigenvalue weighted by atomic mass is 35.5. The van der Waals surface area contributed by atoms with Gasteiger partial charge in [0, 0.05) is 21.0 Å². The monoisotopic (exact) mass is 404 g/mol. The van der Waals surface area contributed by atoms with Crippen LogP contribution in [0.1, 0.15) is 4.88 Å². The van der Waals surface area contributed by atoms with Gasteiger partial charge in [-0.3, -0.25) is 20.4 Å². The van der Waals surface area contributed by atoms with Gasteiger partial charge in [0.1, 0.15) is 0 Å². The Bertz CT molecular complexity index is 1020.